The van der Waals surface area contributed by atoms with Gasteiger partial charge in [-0.2, -0.15) is 0 Å². The van der Waals surface area contributed by atoms with Crippen molar-refractivity contribution >= 4 is 25.0 Å². The molecule has 0 amide bonds. The van der Waals surface area contributed by atoms with Crippen molar-refractivity contribution in [2.45, 2.75) is 5.66 Å². The lowest BCUT2D eigenvalue weighted by Crippen LogP contribution is -2.11. The van der Waals surface area contributed by atoms with Crippen LogP contribution in [0.1, 0.15) is 16.2 Å². The Morgan fingerprint density at radius 3 is 2.07 bits per heavy atom. The number of para-hydroxylation sites is 2. The molecule has 136 valence electrons. The molecule has 0 radical (unpaired) electrons. The van der Waals surface area contributed by atoms with Gasteiger partial charge >= 0.3 is 12.5 Å². The summed E-state index contributed by atoms with van der Waals surface area (Å²) in [5.41, 5.74) is -0.216. The maximum atomic E-state index is 14.0. The van der Waals surface area contributed by atoms with E-state index in [1.54, 1.807) is 66.8 Å². The zero-order valence-electron chi connectivity index (χ0n) is 14.1. The van der Waals surface area contributed by atoms with Gasteiger partial charge in [-0.1, -0.05) is 66.0 Å². The molecule has 0 aliphatic heterocycles. The third kappa shape index (κ3) is 3.82. The molecule has 0 fully saturated rings. The van der Waals surface area contributed by atoms with Crippen molar-refractivity contribution in [2.24, 2.45) is 0 Å². The zero-order valence-corrected chi connectivity index (χ0v) is 15.9. The first kappa shape index (κ1) is 17.6. The highest BCUT2D eigenvalue weighted by atomic mass is 32.1. The summed E-state index contributed by atoms with van der Waals surface area (Å²) in [7, 11) is -3.78. The van der Waals surface area contributed by atoms with Gasteiger partial charge in [0.15, 0.2) is 0 Å². The van der Waals surface area contributed by atoms with Gasteiger partial charge in [0.1, 0.15) is 17.2 Å². The van der Waals surface area contributed by atoms with Crippen LogP contribution in [0.3, 0.4) is 0 Å². The standard InChI is InChI=1S/C20H16NO4PS/c22-20-21-19-17(13-7-8-14-18(19)27-20)26(23,24-15-9-3-1-4-10-15)25-16-11-5-2-6-12-16/h1-14,17H,(H,21,22). The molecule has 0 bridgehead atoms. The van der Waals surface area contributed by atoms with Crippen LogP contribution in [0.25, 0.3) is 6.08 Å². The van der Waals surface area contributed by atoms with Crippen LogP contribution in [0.4, 0.5) is 0 Å². The van der Waals surface area contributed by atoms with E-state index < -0.39 is 13.3 Å². The topological polar surface area (TPSA) is 68.4 Å². The summed E-state index contributed by atoms with van der Waals surface area (Å²) in [5.74, 6) is 0.864. The lowest BCUT2D eigenvalue weighted by Gasteiger charge is -2.25. The quantitative estimate of drug-likeness (QED) is 0.585. The Balaban J connectivity index is 1.80. The summed E-state index contributed by atoms with van der Waals surface area (Å²) in [6.07, 6.45) is 7.13. The fourth-order valence-corrected chi connectivity index (χ4v) is 5.56. The van der Waals surface area contributed by atoms with Crippen LogP contribution in [-0.4, -0.2) is 4.98 Å². The van der Waals surface area contributed by atoms with E-state index in [4.69, 9.17) is 9.05 Å². The van der Waals surface area contributed by atoms with Gasteiger partial charge in [-0.3, -0.25) is 4.79 Å². The van der Waals surface area contributed by atoms with E-state index in [1.165, 1.54) is 0 Å². The van der Waals surface area contributed by atoms with Crippen molar-refractivity contribution in [1.29, 1.82) is 0 Å². The highest BCUT2D eigenvalue weighted by molar-refractivity contribution is 7.55. The van der Waals surface area contributed by atoms with Gasteiger partial charge in [-0.05, 0) is 30.3 Å². The van der Waals surface area contributed by atoms with Gasteiger partial charge in [0, 0.05) is 0 Å². The number of aromatic nitrogens is 1. The lowest BCUT2D eigenvalue weighted by atomic mass is 10.3. The molecular weight excluding hydrogens is 381 g/mol. The number of rotatable bonds is 5. The number of allylic oxidation sites excluding steroid dienone is 3. The largest absolute Gasteiger partial charge is 0.443 e. The monoisotopic (exact) mass is 397 g/mol. The van der Waals surface area contributed by atoms with Gasteiger partial charge in [-0.15, -0.1) is 0 Å². The predicted molar refractivity (Wildman–Crippen MR) is 108 cm³/mol. The number of benzene rings is 2. The second kappa shape index (κ2) is 7.43. The minimum Gasteiger partial charge on any atom is -0.415 e. The molecule has 1 N–H and O–H groups in total. The summed E-state index contributed by atoms with van der Waals surface area (Å²) in [4.78, 5) is 15.2. The van der Waals surface area contributed by atoms with E-state index in [1.807, 2.05) is 18.2 Å². The Morgan fingerprint density at radius 2 is 1.48 bits per heavy atom. The number of H-pyrrole nitrogens is 1. The molecule has 7 heteroatoms. The average Bonchev–Trinajstić information content (AvgIpc) is 2.91. The maximum Gasteiger partial charge on any atom is 0.443 e. The highest BCUT2D eigenvalue weighted by Crippen LogP contribution is 2.61. The van der Waals surface area contributed by atoms with Crippen LogP contribution in [0, 0.1) is 0 Å². The molecule has 1 aromatic heterocycles. The summed E-state index contributed by atoms with van der Waals surface area (Å²) in [6.45, 7) is 0. The molecule has 1 unspecified atom stereocenters. The third-order valence-electron chi connectivity index (χ3n) is 3.95. The van der Waals surface area contributed by atoms with Crippen molar-refractivity contribution in [3.05, 3.63) is 99.1 Å². The van der Waals surface area contributed by atoms with Gasteiger partial charge in [0.2, 0.25) is 0 Å². The molecule has 1 atom stereocenters. The molecule has 3 aromatic rings. The van der Waals surface area contributed by atoms with Crippen LogP contribution in [0.5, 0.6) is 11.5 Å². The molecule has 0 saturated carbocycles. The summed E-state index contributed by atoms with van der Waals surface area (Å²) in [5, 5.41) is 0. The molecule has 5 nitrogen and oxygen atoms in total. The van der Waals surface area contributed by atoms with E-state index in [-0.39, 0.29) is 4.87 Å². The number of thiazole rings is 1. The van der Waals surface area contributed by atoms with E-state index in [2.05, 4.69) is 4.98 Å². The van der Waals surface area contributed by atoms with Gasteiger partial charge in [-0.25, -0.2) is 4.57 Å². The van der Waals surface area contributed by atoms with Crippen LogP contribution in [0.2, 0.25) is 0 Å². The fraction of sp³-hybridized carbons (Fsp3) is 0.0500. The number of hydrogen-bond donors (Lipinski definition) is 1. The third-order valence-corrected chi connectivity index (χ3v) is 6.85. The number of fused-ring (bicyclic) bond motifs is 1. The Bertz CT molecular complexity index is 1040. The van der Waals surface area contributed by atoms with Gasteiger partial charge in [0.05, 0.1) is 10.6 Å². The summed E-state index contributed by atoms with van der Waals surface area (Å²) in [6, 6.07) is 17.8. The molecule has 4 rings (SSSR count). The van der Waals surface area contributed by atoms with Crippen molar-refractivity contribution in [2.75, 3.05) is 0 Å². The average molecular weight is 397 g/mol. The molecule has 1 aliphatic carbocycles. The second-order valence-electron chi connectivity index (χ2n) is 5.83. The Morgan fingerprint density at radius 1 is 0.889 bits per heavy atom. The summed E-state index contributed by atoms with van der Waals surface area (Å²) < 4.78 is 25.8. The fourth-order valence-electron chi connectivity index (χ4n) is 2.76. The lowest BCUT2D eigenvalue weighted by molar-refractivity contribution is 0.378. The SMILES string of the molecule is O=c1[nH]c2c(s1)C=CC=CC2P(=O)(Oc1ccccc1)Oc1ccccc1. The van der Waals surface area contributed by atoms with Crippen LogP contribution in [0.15, 0.2) is 83.7 Å². The first-order valence-corrected chi connectivity index (χ1v) is 10.7. The van der Waals surface area contributed by atoms with Gasteiger partial charge in [0.25, 0.3) is 0 Å². The molecule has 1 aliphatic rings. The number of aromatic amines is 1. The van der Waals surface area contributed by atoms with E-state index in [9.17, 15) is 9.36 Å². The Kier molecular flexibility index (Phi) is 4.84. The van der Waals surface area contributed by atoms with Crippen molar-refractivity contribution in [3.63, 3.8) is 0 Å². The Labute approximate surface area is 160 Å². The zero-order chi connectivity index (χ0) is 18.7. The summed E-state index contributed by atoms with van der Waals surface area (Å²) >= 11 is 1.07. The van der Waals surface area contributed by atoms with Crippen molar-refractivity contribution in [1.82, 2.24) is 4.98 Å². The van der Waals surface area contributed by atoms with Gasteiger partial charge < -0.3 is 14.0 Å². The minimum absolute atomic E-state index is 0.212. The normalized spacial score (nSPS) is 15.8. The van der Waals surface area contributed by atoms with Crippen molar-refractivity contribution in [3.8, 4) is 11.5 Å². The van der Waals surface area contributed by atoms with E-state index in [0.717, 1.165) is 11.3 Å². The molecule has 0 spiro atoms. The second-order valence-corrected chi connectivity index (χ2v) is 8.85. The van der Waals surface area contributed by atoms with Crippen molar-refractivity contribution < 1.29 is 13.6 Å². The van der Waals surface area contributed by atoms with Crippen LogP contribution < -0.4 is 13.9 Å². The molecular formula is C20H16NO4PS. The molecule has 27 heavy (non-hydrogen) atoms. The first-order valence-electron chi connectivity index (χ1n) is 8.31. The number of hydrogen-bond acceptors (Lipinski definition) is 5. The number of nitrogens with one attached hydrogen (secondary N) is 1. The predicted octanol–water partition coefficient (Wildman–Crippen LogP) is 5.41. The first-order chi connectivity index (χ1) is 13.1. The molecule has 0 saturated heterocycles. The maximum absolute atomic E-state index is 14.0. The van der Waals surface area contributed by atoms with E-state index in [0.29, 0.717) is 22.1 Å². The molecule has 2 aromatic carbocycles. The van der Waals surface area contributed by atoms with E-state index >= 15 is 0 Å². The Hall–Kier alpha value is -2.82. The smallest absolute Gasteiger partial charge is 0.415 e. The minimum atomic E-state index is -3.78. The molecule has 1 heterocycles. The highest BCUT2D eigenvalue weighted by Gasteiger charge is 2.41. The van der Waals surface area contributed by atoms with Crippen LogP contribution in [-0.2, 0) is 4.57 Å². The van der Waals surface area contributed by atoms with Crippen LogP contribution >= 0.6 is 18.9 Å².